The molecule has 0 radical (unpaired) electrons. The van der Waals surface area contributed by atoms with Crippen molar-refractivity contribution in [1.82, 2.24) is 5.32 Å². The van der Waals surface area contributed by atoms with E-state index in [1.54, 1.807) is 0 Å². The third kappa shape index (κ3) is 4.90. The molecule has 0 aliphatic heterocycles. The zero-order valence-electron chi connectivity index (χ0n) is 13.1. The van der Waals surface area contributed by atoms with E-state index in [-0.39, 0.29) is 25.5 Å². The first-order valence-corrected chi connectivity index (χ1v) is 7.86. The Balaban J connectivity index is 2.57. The largest absolute Gasteiger partial charge is 0.480 e. The first-order chi connectivity index (χ1) is 10.3. The van der Waals surface area contributed by atoms with Gasteiger partial charge >= 0.3 is 17.9 Å². The van der Waals surface area contributed by atoms with Crippen LogP contribution >= 0.6 is 0 Å². The second kappa shape index (κ2) is 8.41. The lowest BCUT2D eigenvalue weighted by Crippen LogP contribution is -2.43. The molecule has 0 aromatic heterocycles. The Kier molecular flexibility index (Phi) is 7.19. The summed E-state index contributed by atoms with van der Waals surface area (Å²) in [6.07, 6.45) is 2.82. The summed E-state index contributed by atoms with van der Waals surface area (Å²) in [5.41, 5.74) is 0. The van der Waals surface area contributed by atoms with Crippen molar-refractivity contribution in [1.29, 1.82) is 0 Å². The summed E-state index contributed by atoms with van der Waals surface area (Å²) < 4.78 is 32.3. The molecule has 0 spiro atoms. The standard InChI is InChI=1S/C15H25F2NO4/c1-3-5-6-12(13(19)20)18-11-8-7-10(9-11)15(16,17)14(21)22-4-2/h10-12,18H,3-9H2,1-2H3,(H,19,20). The molecule has 1 fully saturated rings. The molecule has 0 aromatic rings. The van der Waals surface area contributed by atoms with Crippen LogP contribution in [0, 0.1) is 5.92 Å². The van der Waals surface area contributed by atoms with E-state index in [2.05, 4.69) is 10.1 Å². The average Bonchev–Trinajstić information content (AvgIpc) is 2.92. The van der Waals surface area contributed by atoms with Gasteiger partial charge in [0.05, 0.1) is 6.61 Å². The monoisotopic (exact) mass is 321 g/mol. The average molecular weight is 321 g/mol. The number of hydrogen-bond acceptors (Lipinski definition) is 4. The van der Waals surface area contributed by atoms with E-state index < -0.39 is 29.8 Å². The molecule has 5 nitrogen and oxygen atoms in total. The predicted octanol–water partition coefficient (Wildman–Crippen LogP) is 2.59. The minimum Gasteiger partial charge on any atom is -0.480 e. The molecule has 22 heavy (non-hydrogen) atoms. The van der Waals surface area contributed by atoms with Gasteiger partial charge in [-0.05, 0) is 32.6 Å². The number of unbranched alkanes of at least 4 members (excludes halogenated alkanes) is 1. The molecule has 3 unspecified atom stereocenters. The molecule has 2 N–H and O–H groups in total. The molecule has 0 aromatic carbocycles. The number of carboxylic acids is 1. The summed E-state index contributed by atoms with van der Waals surface area (Å²) in [4.78, 5) is 22.5. The van der Waals surface area contributed by atoms with E-state index in [0.717, 1.165) is 12.8 Å². The van der Waals surface area contributed by atoms with E-state index in [4.69, 9.17) is 5.11 Å². The summed E-state index contributed by atoms with van der Waals surface area (Å²) >= 11 is 0. The minimum absolute atomic E-state index is 0.0824. The lowest BCUT2D eigenvalue weighted by Gasteiger charge is -2.22. The van der Waals surface area contributed by atoms with Gasteiger partial charge < -0.3 is 15.2 Å². The highest BCUT2D eigenvalue weighted by Crippen LogP contribution is 2.39. The number of ether oxygens (including phenoxy) is 1. The Bertz CT molecular complexity index is 390. The van der Waals surface area contributed by atoms with Gasteiger partial charge in [0, 0.05) is 12.0 Å². The Morgan fingerprint density at radius 2 is 2.05 bits per heavy atom. The van der Waals surface area contributed by atoms with Gasteiger partial charge in [0.1, 0.15) is 6.04 Å². The van der Waals surface area contributed by atoms with Gasteiger partial charge in [-0.3, -0.25) is 4.79 Å². The van der Waals surface area contributed by atoms with Crippen molar-refractivity contribution in [3.8, 4) is 0 Å². The van der Waals surface area contributed by atoms with Crippen LogP contribution in [0.4, 0.5) is 8.78 Å². The number of hydrogen-bond donors (Lipinski definition) is 2. The Morgan fingerprint density at radius 3 is 2.59 bits per heavy atom. The first kappa shape index (κ1) is 18.8. The normalized spacial score (nSPS) is 23.3. The number of esters is 1. The van der Waals surface area contributed by atoms with Crippen LogP contribution in [0.3, 0.4) is 0 Å². The molecular formula is C15H25F2NO4. The number of carbonyl (C=O) groups is 2. The van der Waals surface area contributed by atoms with Gasteiger partial charge in [0.25, 0.3) is 0 Å². The number of rotatable bonds is 9. The van der Waals surface area contributed by atoms with Crippen LogP contribution in [-0.4, -0.2) is 41.7 Å². The molecule has 1 rings (SSSR count). The smallest absolute Gasteiger partial charge is 0.377 e. The second-order valence-electron chi connectivity index (χ2n) is 5.75. The van der Waals surface area contributed by atoms with Crippen LogP contribution in [0.1, 0.15) is 52.4 Å². The van der Waals surface area contributed by atoms with E-state index in [9.17, 15) is 18.4 Å². The van der Waals surface area contributed by atoms with Crippen LogP contribution in [0.25, 0.3) is 0 Å². The van der Waals surface area contributed by atoms with Gasteiger partial charge in [0.15, 0.2) is 0 Å². The van der Waals surface area contributed by atoms with Crippen molar-refractivity contribution in [3.05, 3.63) is 0 Å². The molecule has 3 atom stereocenters. The maximum Gasteiger partial charge on any atom is 0.377 e. The molecule has 0 bridgehead atoms. The third-order valence-electron chi connectivity index (χ3n) is 4.07. The summed E-state index contributed by atoms with van der Waals surface area (Å²) in [5, 5.41) is 12.1. The lowest BCUT2D eigenvalue weighted by molar-refractivity contribution is -0.179. The van der Waals surface area contributed by atoms with Crippen LogP contribution in [0.5, 0.6) is 0 Å². The van der Waals surface area contributed by atoms with Crippen molar-refractivity contribution in [3.63, 3.8) is 0 Å². The topological polar surface area (TPSA) is 75.6 Å². The molecule has 128 valence electrons. The van der Waals surface area contributed by atoms with E-state index in [1.807, 2.05) is 6.92 Å². The zero-order chi connectivity index (χ0) is 16.8. The molecule has 1 saturated carbocycles. The molecule has 7 heteroatoms. The predicted molar refractivity (Wildman–Crippen MR) is 76.8 cm³/mol. The lowest BCUT2D eigenvalue weighted by atomic mass is 9.99. The van der Waals surface area contributed by atoms with Crippen LogP contribution in [0.15, 0.2) is 0 Å². The number of aliphatic carboxylic acids is 1. The fourth-order valence-corrected chi connectivity index (χ4v) is 2.83. The van der Waals surface area contributed by atoms with Crippen molar-refractivity contribution in [2.45, 2.75) is 70.4 Å². The third-order valence-corrected chi connectivity index (χ3v) is 4.07. The van der Waals surface area contributed by atoms with Crippen LogP contribution < -0.4 is 5.32 Å². The summed E-state index contributed by atoms with van der Waals surface area (Å²) in [6.45, 7) is 3.36. The number of alkyl halides is 2. The molecule has 1 aliphatic rings. The molecule has 1 aliphatic carbocycles. The van der Waals surface area contributed by atoms with Crippen molar-refractivity contribution < 1.29 is 28.2 Å². The van der Waals surface area contributed by atoms with E-state index >= 15 is 0 Å². The van der Waals surface area contributed by atoms with Crippen molar-refractivity contribution >= 4 is 11.9 Å². The fourth-order valence-electron chi connectivity index (χ4n) is 2.83. The Hall–Kier alpha value is -1.24. The van der Waals surface area contributed by atoms with Gasteiger partial charge in [-0.15, -0.1) is 0 Å². The highest BCUT2D eigenvalue weighted by molar-refractivity contribution is 5.78. The number of carboxylic acid groups (broad SMARTS) is 1. The quantitative estimate of drug-likeness (QED) is 0.638. The van der Waals surface area contributed by atoms with E-state index in [0.29, 0.717) is 12.8 Å². The number of nitrogens with one attached hydrogen (secondary N) is 1. The number of carbonyl (C=O) groups excluding carboxylic acids is 1. The maximum atomic E-state index is 14.0. The highest BCUT2D eigenvalue weighted by Gasteiger charge is 2.51. The van der Waals surface area contributed by atoms with Crippen LogP contribution in [0.2, 0.25) is 0 Å². The number of halogens is 2. The molecule has 0 amide bonds. The zero-order valence-corrected chi connectivity index (χ0v) is 13.1. The van der Waals surface area contributed by atoms with Gasteiger partial charge in [-0.25, -0.2) is 4.79 Å². The molecule has 0 saturated heterocycles. The van der Waals surface area contributed by atoms with Crippen molar-refractivity contribution in [2.24, 2.45) is 5.92 Å². The fraction of sp³-hybridized carbons (Fsp3) is 0.867. The SMILES string of the molecule is CCCCC(NC1CCC(C(F)(F)C(=O)OCC)C1)C(=O)O. The van der Waals surface area contributed by atoms with Gasteiger partial charge in [0.2, 0.25) is 0 Å². The first-order valence-electron chi connectivity index (χ1n) is 7.86. The van der Waals surface area contributed by atoms with Gasteiger partial charge in [-0.2, -0.15) is 8.78 Å². The minimum atomic E-state index is -3.51. The van der Waals surface area contributed by atoms with E-state index in [1.165, 1.54) is 6.92 Å². The van der Waals surface area contributed by atoms with Crippen molar-refractivity contribution in [2.75, 3.05) is 6.61 Å². The summed E-state index contributed by atoms with van der Waals surface area (Å²) in [6, 6.07) is -1.02. The highest BCUT2D eigenvalue weighted by atomic mass is 19.3. The Morgan fingerprint density at radius 1 is 1.36 bits per heavy atom. The summed E-state index contributed by atoms with van der Waals surface area (Å²) in [5.74, 6) is -7.05. The van der Waals surface area contributed by atoms with Crippen LogP contribution in [-0.2, 0) is 14.3 Å². The van der Waals surface area contributed by atoms with Gasteiger partial charge in [-0.1, -0.05) is 19.8 Å². The maximum absolute atomic E-state index is 14.0. The summed E-state index contributed by atoms with van der Waals surface area (Å²) in [7, 11) is 0. The molecule has 0 heterocycles. The molecular weight excluding hydrogens is 296 g/mol. The second-order valence-corrected chi connectivity index (χ2v) is 5.75. The Labute approximate surface area is 129 Å².